The number of ether oxygens (including phenoxy) is 1. The van der Waals surface area contributed by atoms with Gasteiger partial charge in [-0.05, 0) is 26.0 Å². The molecule has 1 aromatic rings. The fourth-order valence-corrected chi connectivity index (χ4v) is 1.05. The van der Waals surface area contributed by atoms with Gasteiger partial charge in [-0.3, -0.25) is 9.79 Å². The van der Waals surface area contributed by atoms with Gasteiger partial charge in [0, 0.05) is 6.21 Å². The molecule has 0 radical (unpaired) electrons. The van der Waals surface area contributed by atoms with E-state index in [1.54, 1.807) is 20.1 Å². The van der Waals surface area contributed by atoms with Crippen molar-refractivity contribution < 1.29 is 9.53 Å². The minimum Gasteiger partial charge on any atom is -0.466 e. The molecule has 0 fully saturated rings. The van der Waals surface area contributed by atoms with E-state index in [1.165, 1.54) is 0 Å². The van der Waals surface area contributed by atoms with Gasteiger partial charge in [-0.2, -0.15) is 0 Å². The van der Waals surface area contributed by atoms with Crippen LogP contribution in [0.2, 0.25) is 0 Å². The van der Waals surface area contributed by atoms with Gasteiger partial charge in [-0.25, -0.2) is 0 Å². The molecular weight excluding hydrogens is 190 g/mol. The molecule has 1 rings (SSSR count). The van der Waals surface area contributed by atoms with Crippen LogP contribution in [0.1, 0.15) is 13.8 Å². The van der Waals surface area contributed by atoms with E-state index >= 15 is 0 Å². The summed E-state index contributed by atoms with van der Waals surface area (Å²) >= 11 is 0. The molecule has 0 aliphatic carbocycles. The van der Waals surface area contributed by atoms with E-state index in [-0.39, 0.29) is 11.9 Å². The van der Waals surface area contributed by atoms with Crippen LogP contribution >= 0.6 is 0 Å². The van der Waals surface area contributed by atoms with Crippen LogP contribution in [0.4, 0.5) is 5.69 Å². The van der Waals surface area contributed by atoms with Crippen LogP contribution < -0.4 is 0 Å². The Hall–Kier alpha value is -1.64. The quantitative estimate of drug-likeness (QED) is 0.559. The maximum absolute atomic E-state index is 11.3. The molecule has 0 saturated carbocycles. The van der Waals surface area contributed by atoms with Crippen molar-refractivity contribution in [3.63, 3.8) is 0 Å². The van der Waals surface area contributed by atoms with Crippen LogP contribution in [0.25, 0.3) is 0 Å². The lowest BCUT2D eigenvalue weighted by molar-refractivity contribution is -0.144. The number of carbonyl (C=O) groups is 1. The zero-order chi connectivity index (χ0) is 11.1. The Morgan fingerprint density at radius 1 is 1.47 bits per heavy atom. The molecule has 3 heteroatoms. The summed E-state index contributed by atoms with van der Waals surface area (Å²) in [6.07, 6.45) is 1.60. The lowest BCUT2D eigenvalue weighted by Crippen LogP contribution is -2.15. The first kappa shape index (κ1) is 11.4. The molecule has 0 amide bonds. The normalized spacial score (nSPS) is 12.7. The number of esters is 1. The molecule has 0 N–H and O–H groups in total. The summed E-state index contributed by atoms with van der Waals surface area (Å²) in [5.41, 5.74) is 0.841. The summed E-state index contributed by atoms with van der Waals surface area (Å²) in [6.45, 7) is 3.96. The van der Waals surface area contributed by atoms with Crippen LogP contribution in [0.3, 0.4) is 0 Å². The summed E-state index contributed by atoms with van der Waals surface area (Å²) in [5, 5.41) is 0. The third-order valence-electron chi connectivity index (χ3n) is 1.86. The van der Waals surface area contributed by atoms with Gasteiger partial charge >= 0.3 is 5.97 Å². The Balaban J connectivity index is 2.54. The van der Waals surface area contributed by atoms with Crippen molar-refractivity contribution in [3.8, 4) is 0 Å². The number of benzene rings is 1. The van der Waals surface area contributed by atoms with E-state index < -0.39 is 0 Å². The lowest BCUT2D eigenvalue weighted by Gasteiger charge is -2.04. The zero-order valence-corrected chi connectivity index (χ0v) is 9.01. The second-order valence-electron chi connectivity index (χ2n) is 3.15. The third-order valence-corrected chi connectivity index (χ3v) is 1.86. The molecule has 15 heavy (non-hydrogen) atoms. The van der Waals surface area contributed by atoms with Crippen molar-refractivity contribution >= 4 is 17.9 Å². The van der Waals surface area contributed by atoms with Gasteiger partial charge < -0.3 is 4.74 Å². The monoisotopic (exact) mass is 205 g/mol. The fraction of sp³-hybridized carbons (Fsp3) is 0.333. The summed E-state index contributed by atoms with van der Waals surface area (Å²) < 4.78 is 4.86. The maximum atomic E-state index is 11.3. The topological polar surface area (TPSA) is 38.7 Å². The van der Waals surface area contributed by atoms with E-state index in [0.717, 1.165) is 5.69 Å². The second-order valence-corrected chi connectivity index (χ2v) is 3.15. The van der Waals surface area contributed by atoms with E-state index in [0.29, 0.717) is 6.61 Å². The first-order chi connectivity index (χ1) is 7.24. The SMILES string of the molecule is CCOC(=O)C(C)C=Nc1ccccc1. The van der Waals surface area contributed by atoms with Crippen molar-refractivity contribution in [2.75, 3.05) is 6.61 Å². The first-order valence-corrected chi connectivity index (χ1v) is 5.00. The average Bonchev–Trinajstić information content (AvgIpc) is 2.27. The van der Waals surface area contributed by atoms with Crippen molar-refractivity contribution in [1.29, 1.82) is 0 Å². The van der Waals surface area contributed by atoms with Crippen molar-refractivity contribution in [2.24, 2.45) is 10.9 Å². The number of hydrogen-bond acceptors (Lipinski definition) is 3. The first-order valence-electron chi connectivity index (χ1n) is 5.00. The molecule has 0 saturated heterocycles. The molecular formula is C12H15NO2. The number of nitrogens with zero attached hydrogens (tertiary/aromatic N) is 1. The summed E-state index contributed by atoms with van der Waals surface area (Å²) in [7, 11) is 0. The standard InChI is InChI=1S/C12H15NO2/c1-3-15-12(14)10(2)9-13-11-7-5-4-6-8-11/h4-10H,3H2,1-2H3. The van der Waals surface area contributed by atoms with E-state index in [2.05, 4.69) is 4.99 Å². The van der Waals surface area contributed by atoms with Crippen molar-refractivity contribution in [1.82, 2.24) is 0 Å². The van der Waals surface area contributed by atoms with Crippen molar-refractivity contribution in [3.05, 3.63) is 30.3 Å². The minimum absolute atomic E-state index is 0.239. The van der Waals surface area contributed by atoms with Gasteiger partial charge in [0.05, 0.1) is 18.2 Å². The van der Waals surface area contributed by atoms with E-state index in [1.807, 2.05) is 30.3 Å². The highest BCUT2D eigenvalue weighted by Crippen LogP contribution is 2.09. The summed E-state index contributed by atoms with van der Waals surface area (Å²) in [5.74, 6) is -0.540. The Bertz CT molecular complexity index is 333. The van der Waals surface area contributed by atoms with E-state index in [4.69, 9.17) is 4.74 Å². The van der Waals surface area contributed by atoms with Crippen molar-refractivity contribution in [2.45, 2.75) is 13.8 Å². The molecule has 3 nitrogen and oxygen atoms in total. The molecule has 0 spiro atoms. The van der Waals surface area contributed by atoms with Gasteiger partial charge in [0.15, 0.2) is 0 Å². The highest BCUT2D eigenvalue weighted by molar-refractivity contribution is 5.90. The second kappa shape index (κ2) is 5.96. The van der Waals surface area contributed by atoms with Gasteiger partial charge in [0.25, 0.3) is 0 Å². The number of aliphatic imine (C=N–C) groups is 1. The minimum atomic E-state index is -0.301. The number of hydrogen-bond donors (Lipinski definition) is 0. The van der Waals surface area contributed by atoms with Crippen LogP contribution in [0.15, 0.2) is 35.3 Å². The van der Waals surface area contributed by atoms with Gasteiger partial charge in [0.1, 0.15) is 0 Å². The Kier molecular flexibility index (Phi) is 4.54. The zero-order valence-electron chi connectivity index (χ0n) is 9.01. The highest BCUT2D eigenvalue weighted by atomic mass is 16.5. The lowest BCUT2D eigenvalue weighted by atomic mass is 10.2. The number of carbonyl (C=O) groups excluding carboxylic acids is 1. The molecule has 1 aromatic carbocycles. The van der Waals surface area contributed by atoms with Gasteiger partial charge in [-0.15, -0.1) is 0 Å². The van der Waals surface area contributed by atoms with Crippen LogP contribution in [0, 0.1) is 5.92 Å². The average molecular weight is 205 g/mol. The van der Waals surface area contributed by atoms with Crippen LogP contribution in [0.5, 0.6) is 0 Å². The highest BCUT2D eigenvalue weighted by Gasteiger charge is 2.10. The molecule has 0 aromatic heterocycles. The Morgan fingerprint density at radius 3 is 2.73 bits per heavy atom. The molecule has 0 aliphatic heterocycles. The predicted octanol–water partition coefficient (Wildman–Crippen LogP) is 2.59. The van der Waals surface area contributed by atoms with E-state index in [9.17, 15) is 4.79 Å². The molecule has 1 unspecified atom stereocenters. The number of para-hydroxylation sites is 1. The predicted molar refractivity (Wildman–Crippen MR) is 60.4 cm³/mol. The molecule has 0 aliphatic rings. The van der Waals surface area contributed by atoms with Gasteiger partial charge in [0.2, 0.25) is 0 Å². The third kappa shape index (κ3) is 3.94. The number of rotatable bonds is 4. The molecule has 1 atom stereocenters. The smallest absolute Gasteiger partial charge is 0.314 e. The molecule has 80 valence electrons. The van der Waals surface area contributed by atoms with Crippen LogP contribution in [-0.4, -0.2) is 18.8 Å². The molecule has 0 bridgehead atoms. The molecule has 0 heterocycles. The Labute approximate surface area is 89.8 Å². The maximum Gasteiger partial charge on any atom is 0.314 e. The van der Waals surface area contributed by atoms with Gasteiger partial charge in [-0.1, -0.05) is 18.2 Å². The summed E-state index contributed by atoms with van der Waals surface area (Å²) in [4.78, 5) is 15.4. The largest absolute Gasteiger partial charge is 0.466 e. The fourth-order valence-electron chi connectivity index (χ4n) is 1.05. The summed E-state index contributed by atoms with van der Waals surface area (Å²) in [6, 6.07) is 9.50. The Morgan fingerprint density at radius 2 is 2.13 bits per heavy atom. The van der Waals surface area contributed by atoms with Crippen LogP contribution in [-0.2, 0) is 9.53 Å².